The highest BCUT2D eigenvalue weighted by atomic mass is 16.5. The van der Waals surface area contributed by atoms with Crippen LogP contribution in [0.2, 0.25) is 0 Å². The summed E-state index contributed by atoms with van der Waals surface area (Å²) in [6, 6.07) is 12.5. The Labute approximate surface area is 337 Å². The van der Waals surface area contributed by atoms with Gasteiger partial charge in [-0.1, -0.05) is 0 Å². The number of aromatic amines is 1. The lowest BCUT2D eigenvalue weighted by Gasteiger charge is -2.43. The van der Waals surface area contributed by atoms with Crippen molar-refractivity contribution >= 4 is 46.0 Å². The van der Waals surface area contributed by atoms with E-state index in [2.05, 4.69) is 50.0 Å². The van der Waals surface area contributed by atoms with Gasteiger partial charge in [0.25, 0.3) is 11.8 Å². The Hall–Kier alpha value is -5.45. The molecule has 4 aromatic rings. The van der Waals surface area contributed by atoms with E-state index < -0.39 is 23.8 Å². The third kappa shape index (κ3) is 7.75. The van der Waals surface area contributed by atoms with Gasteiger partial charge in [0.05, 0.1) is 28.4 Å². The number of aromatic nitrogens is 4. The van der Waals surface area contributed by atoms with Gasteiger partial charge >= 0.3 is 0 Å². The Balaban J connectivity index is 0.680. The molecule has 0 bridgehead atoms. The molecular weight excluding hydrogens is 739 g/mol. The van der Waals surface area contributed by atoms with Gasteiger partial charge in [0, 0.05) is 102 Å². The Morgan fingerprint density at radius 1 is 0.776 bits per heavy atom. The molecule has 0 spiro atoms. The van der Waals surface area contributed by atoms with Gasteiger partial charge in [-0.2, -0.15) is 5.10 Å². The van der Waals surface area contributed by atoms with Crippen molar-refractivity contribution in [1.82, 2.24) is 45.1 Å². The van der Waals surface area contributed by atoms with Crippen molar-refractivity contribution in [2.45, 2.75) is 45.3 Å². The molecule has 0 aliphatic carbocycles. The number of hydrogen-bond acceptors (Lipinski definition) is 13. The minimum absolute atomic E-state index is 0.0919. The maximum Gasteiger partial charge on any atom is 0.262 e. The first kappa shape index (κ1) is 38.1. The van der Waals surface area contributed by atoms with Crippen LogP contribution in [-0.4, -0.2) is 161 Å². The second kappa shape index (κ2) is 16.1. The number of amides is 4. The summed E-state index contributed by atoms with van der Waals surface area (Å²) < 4.78 is 5.92. The maximum atomic E-state index is 13.3. The number of benzene rings is 2. The molecule has 4 fully saturated rings. The van der Waals surface area contributed by atoms with Crippen LogP contribution >= 0.6 is 0 Å². The number of anilines is 2. The number of carbonyl (C=O) groups is 4. The third-order valence-corrected chi connectivity index (χ3v) is 12.3. The van der Waals surface area contributed by atoms with E-state index in [4.69, 9.17) is 4.74 Å². The van der Waals surface area contributed by atoms with Gasteiger partial charge in [0.2, 0.25) is 11.8 Å². The van der Waals surface area contributed by atoms with Crippen molar-refractivity contribution in [3.63, 3.8) is 0 Å². The zero-order valence-electron chi connectivity index (χ0n) is 33.2. The number of piperidine rings is 1. The number of carbonyl (C=O) groups excluding carboxylic acids is 4. The van der Waals surface area contributed by atoms with Crippen LogP contribution < -0.4 is 19.9 Å². The zero-order chi connectivity index (χ0) is 39.9. The van der Waals surface area contributed by atoms with Crippen molar-refractivity contribution in [1.29, 1.82) is 0 Å². The standard InChI is InChI=1S/C42H51N11O5/c1-27(2)58-30-4-6-34-33(22-30)39(47-46-34)35-23-37(44-26-43-35)52-19-15-49(16-20-52)11-12-50-24-28(25-50)9-10-48-13-17-51(18-14-48)29-3-5-31-32(21-29)42(57)53(41(31)56)36-7-8-38(54)45-40(36)55/h3-6,21-23,26-28,36H,7-20,24-25H2,1-2H3,(H,46,47)(H,45,54,55). The Morgan fingerprint density at radius 3 is 2.26 bits per heavy atom. The summed E-state index contributed by atoms with van der Waals surface area (Å²) in [6.07, 6.45) is 3.18. The average Bonchev–Trinajstić information content (AvgIpc) is 3.74. The largest absolute Gasteiger partial charge is 0.491 e. The van der Waals surface area contributed by atoms with Crippen LogP contribution in [0.5, 0.6) is 5.75 Å². The summed E-state index contributed by atoms with van der Waals surface area (Å²) in [6.45, 7) is 17.1. The molecule has 304 valence electrons. The molecule has 0 radical (unpaired) electrons. The first-order chi connectivity index (χ1) is 28.2. The number of likely N-dealkylation sites (tertiary alicyclic amines) is 1. The molecule has 0 saturated carbocycles. The predicted molar refractivity (Wildman–Crippen MR) is 218 cm³/mol. The topological polar surface area (TPSA) is 163 Å². The molecular formula is C42H51N11O5. The van der Waals surface area contributed by atoms with E-state index in [9.17, 15) is 19.2 Å². The molecule has 5 aliphatic rings. The minimum atomic E-state index is -0.954. The highest BCUT2D eigenvalue weighted by molar-refractivity contribution is 6.23. The molecule has 2 aromatic heterocycles. The number of piperazine rings is 2. The first-order valence-electron chi connectivity index (χ1n) is 20.7. The lowest BCUT2D eigenvalue weighted by Crippen LogP contribution is -2.54. The number of fused-ring (bicyclic) bond motifs is 2. The summed E-state index contributed by atoms with van der Waals surface area (Å²) in [4.78, 5) is 72.9. The molecule has 4 amide bonds. The highest BCUT2D eigenvalue weighted by Crippen LogP contribution is 2.32. The van der Waals surface area contributed by atoms with Crippen LogP contribution in [0.25, 0.3) is 22.3 Å². The summed E-state index contributed by atoms with van der Waals surface area (Å²) in [5, 5.41) is 10.9. The summed E-state index contributed by atoms with van der Waals surface area (Å²) >= 11 is 0. The Morgan fingerprint density at radius 2 is 1.50 bits per heavy atom. The van der Waals surface area contributed by atoms with Crippen LogP contribution in [-0.2, 0) is 9.59 Å². The number of hydrogen-bond donors (Lipinski definition) is 2. The number of ether oxygens (including phenoxy) is 1. The summed E-state index contributed by atoms with van der Waals surface area (Å²) in [5.74, 6) is 0.569. The predicted octanol–water partition coefficient (Wildman–Crippen LogP) is 2.47. The highest BCUT2D eigenvalue weighted by Gasteiger charge is 2.45. The quantitative estimate of drug-likeness (QED) is 0.202. The van der Waals surface area contributed by atoms with E-state index in [1.54, 1.807) is 18.5 Å². The van der Waals surface area contributed by atoms with Crippen molar-refractivity contribution in [2.24, 2.45) is 5.92 Å². The van der Waals surface area contributed by atoms with Crippen molar-refractivity contribution in [3.8, 4) is 17.1 Å². The second-order valence-corrected chi connectivity index (χ2v) is 16.5. The fourth-order valence-electron chi connectivity index (χ4n) is 8.96. The molecule has 7 heterocycles. The monoisotopic (exact) mass is 789 g/mol. The van der Waals surface area contributed by atoms with E-state index in [0.29, 0.717) is 11.1 Å². The molecule has 2 aromatic carbocycles. The minimum Gasteiger partial charge on any atom is -0.491 e. The molecule has 16 nitrogen and oxygen atoms in total. The van der Waals surface area contributed by atoms with Crippen molar-refractivity contribution in [3.05, 3.63) is 59.9 Å². The van der Waals surface area contributed by atoms with E-state index in [0.717, 1.165) is 135 Å². The average molecular weight is 790 g/mol. The van der Waals surface area contributed by atoms with Gasteiger partial charge in [0.1, 0.15) is 29.6 Å². The van der Waals surface area contributed by atoms with Gasteiger partial charge in [-0.25, -0.2) is 9.97 Å². The molecule has 16 heteroatoms. The first-order valence-corrected chi connectivity index (χ1v) is 20.7. The molecule has 1 unspecified atom stereocenters. The molecule has 1 atom stereocenters. The van der Waals surface area contributed by atoms with E-state index in [-0.39, 0.29) is 24.9 Å². The fraction of sp³-hybridized carbons (Fsp3) is 0.500. The Bertz CT molecular complexity index is 2200. The van der Waals surface area contributed by atoms with Crippen LogP contribution in [0.1, 0.15) is 53.8 Å². The summed E-state index contributed by atoms with van der Waals surface area (Å²) in [7, 11) is 0. The number of imide groups is 2. The summed E-state index contributed by atoms with van der Waals surface area (Å²) in [5.41, 5.74) is 4.10. The van der Waals surface area contributed by atoms with E-state index >= 15 is 0 Å². The normalized spacial score (nSPS) is 21.3. The van der Waals surface area contributed by atoms with Crippen molar-refractivity contribution < 1.29 is 23.9 Å². The van der Waals surface area contributed by atoms with E-state index in [1.165, 1.54) is 6.42 Å². The van der Waals surface area contributed by atoms with Crippen LogP contribution in [0, 0.1) is 5.92 Å². The number of nitrogens with one attached hydrogen (secondary N) is 2. The Kier molecular flexibility index (Phi) is 10.6. The molecule has 4 saturated heterocycles. The van der Waals surface area contributed by atoms with Crippen LogP contribution in [0.3, 0.4) is 0 Å². The fourth-order valence-corrected chi connectivity index (χ4v) is 8.96. The SMILES string of the molecule is CC(C)Oc1ccc2[nH]nc(-c3cc(N4CCN(CCN5CC(CCN6CCN(c7ccc8c(c7)C(=O)N(C7CCC(=O)NC7=O)C8=O)CC6)C5)CC4)ncn3)c2c1. The van der Waals surface area contributed by atoms with Crippen LogP contribution in [0.4, 0.5) is 11.5 Å². The van der Waals surface area contributed by atoms with Gasteiger partial charge in [0.15, 0.2) is 0 Å². The van der Waals surface area contributed by atoms with Gasteiger partial charge in [-0.15, -0.1) is 0 Å². The van der Waals surface area contributed by atoms with Gasteiger partial charge < -0.3 is 19.4 Å². The smallest absolute Gasteiger partial charge is 0.262 e. The van der Waals surface area contributed by atoms with Crippen molar-refractivity contribution in [2.75, 3.05) is 94.9 Å². The zero-order valence-corrected chi connectivity index (χ0v) is 33.2. The van der Waals surface area contributed by atoms with Crippen LogP contribution in [0.15, 0.2) is 48.8 Å². The lowest BCUT2D eigenvalue weighted by molar-refractivity contribution is -0.136. The molecule has 9 rings (SSSR count). The van der Waals surface area contributed by atoms with E-state index in [1.807, 2.05) is 44.2 Å². The van der Waals surface area contributed by atoms with Gasteiger partial charge in [-0.05, 0) is 75.5 Å². The number of H-pyrrole nitrogens is 1. The molecule has 5 aliphatic heterocycles. The molecule has 2 N–H and O–H groups in total. The number of rotatable bonds is 12. The second-order valence-electron chi connectivity index (χ2n) is 16.5. The van der Waals surface area contributed by atoms with Gasteiger partial charge in [-0.3, -0.25) is 44.3 Å². The maximum absolute atomic E-state index is 13.3. The molecule has 58 heavy (non-hydrogen) atoms. The lowest BCUT2D eigenvalue weighted by atomic mass is 9.96. The number of nitrogens with zero attached hydrogens (tertiary/aromatic N) is 9. The third-order valence-electron chi connectivity index (χ3n) is 12.3.